The second-order valence-electron chi connectivity index (χ2n) is 4.14. The molecule has 1 atom stereocenters. The van der Waals surface area contributed by atoms with Crippen molar-refractivity contribution in [2.75, 3.05) is 24.6 Å². The quantitative estimate of drug-likeness (QED) is 0.700. The molecule has 1 rings (SSSR count). The summed E-state index contributed by atoms with van der Waals surface area (Å²) in [6.45, 7) is 0.0898. The normalized spacial score (nSPS) is 24.2. The van der Waals surface area contributed by atoms with Crippen molar-refractivity contribution in [1.29, 1.82) is 0 Å². The van der Waals surface area contributed by atoms with E-state index in [-0.39, 0.29) is 24.6 Å². The predicted octanol–water partition coefficient (Wildman–Crippen LogP) is -0.477. The van der Waals surface area contributed by atoms with Gasteiger partial charge in [0.1, 0.15) is 0 Å². The van der Waals surface area contributed by atoms with Gasteiger partial charge in [-0.3, -0.25) is 4.79 Å². The van der Waals surface area contributed by atoms with Gasteiger partial charge in [-0.05, 0) is 6.92 Å². The predicted molar refractivity (Wildman–Crippen MR) is 53.9 cm³/mol. The Morgan fingerprint density at radius 1 is 1.24 bits per heavy atom. The molecule has 9 heteroatoms. The fraction of sp³-hybridized carbons (Fsp3) is 0.875. The van der Waals surface area contributed by atoms with Crippen molar-refractivity contribution < 1.29 is 26.4 Å². The smallest absolute Gasteiger partial charge is 0.339 e. The number of nitrogens with two attached hydrogens (primary N) is 1. The average Bonchev–Trinajstić information content (AvgIpc) is 2.15. The van der Waals surface area contributed by atoms with Gasteiger partial charge in [0.05, 0.1) is 11.5 Å². The van der Waals surface area contributed by atoms with Crippen molar-refractivity contribution in [2.24, 2.45) is 5.73 Å². The average molecular weight is 274 g/mol. The summed E-state index contributed by atoms with van der Waals surface area (Å²) in [5.74, 6) is -1.95. The third-order valence-corrected chi connectivity index (χ3v) is 4.27. The molecule has 1 aliphatic rings. The molecule has 0 aliphatic carbocycles. The number of sulfone groups is 1. The van der Waals surface area contributed by atoms with Gasteiger partial charge in [-0.1, -0.05) is 0 Å². The monoisotopic (exact) mass is 274 g/mol. The van der Waals surface area contributed by atoms with Crippen molar-refractivity contribution in [1.82, 2.24) is 4.90 Å². The van der Waals surface area contributed by atoms with E-state index in [0.29, 0.717) is 6.92 Å². The minimum absolute atomic E-state index is 0.246. The molecule has 1 heterocycles. The molecule has 0 bridgehead atoms. The van der Waals surface area contributed by atoms with Crippen LogP contribution in [0.3, 0.4) is 0 Å². The van der Waals surface area contributed by atoms with E-state index in [0.717, 1.165) is 4.90 Å². The van der Waals surface area contributed by atoms with Crippen LogP contribution < -0.4 is 5.73 Å². The molecule has 0 aromatic heterocycles. The van der Waals surface area contributed by atoms with Crippen LogP contribution in [-0.2, 0) is 14.6 Å². The summed E-state index contributed by atoms with van der Waals surface area (Å²) < 4.78 is 59.6. The number of halogens is 3. The number of amides is 1. The Hall–Kier alpha value is -0.830. The van der Waals surface area contributed by atoms with Gasteiger partial charge in [-0.2, -0.15) is 13.2 Å². The van der Waals surface area contributed by atoms with Crippen LogP contribution >= 0.6 is 0 Å². The third-order valence-electron chi connectivity index (χ3n) is 2.66. The van der Waals surface area contributed by atoms with Gasteiger partial charge in [-0.15, -0.1) is 0 Å². The Labute approximate surface area is 96.7 Å². The van der Waals surface area contributed by atoms with E-state index in [1.165, 1.54) is 0 Å². The zero-order chi connectivity index (χ0) is 13.5. The zero-order valence-corrected chi connectivity index (χ0v) is 9.94. The van der Waals surface area contributed by atoms with Gasteiger partial charge in [0.25, 0.3) is 5.91 Å². The summed E-state index contributed by atoms with van der Waals surface area (Å²) >= 11 is 0. The molecule has 0 spiro atoms. The lowest BCUT2D eigenvalue weighted by atomic mass is 10.0. The molecule has 1 saturated heterocycles. The Morgan fingerprint density at radius 3 is 2.00 bits per heavy atom. The van der Waals surface area contributed by atoms with Crippen molar-refractivity contribution >= 4 is 15.7 Å². The minimum atomic E-state index is -4.86. The van der Waals surface area contributed by atoms with Gasteiger partial charge >= 0.3 is 6.18 Å². The maximum atomic E-state index is 12.5. The van der Waals surface area contributed by atoms with Gasteiger partial charge in [0.15, 0.2) is 15.4 Å². The van der Waals surface area contributed by atoms with Crippen LogP contribution in [0.4, 0.5) is 13.2 Å². The van der Waals surface area contributed by atoms with Crippen LogP contribution in [0.1, 0.15) is 6.92 Å². The molecular formula is C8H13F3N2O3S. The number of carbonyl (C=O) groups excluding carboxylic acids is 1. The van der Waals surface area contributed by atoms with E-state index in [9.17, 15) is 26.4 Å². The van der Waals surface area contributed by atoms with E-state index in [1.807, 2.05) is 0 Å². The first kappa shape index (κ1) is 14.2. The summed E-state index contributed by atoms with van der Waals surface area (Å²) in [5, 5.41) is 0. The first-order chi connectivity index (χ1) is 7.47. The van der Waals surface area contributed by atoms with Crippen LogP contribution in [0.25, 0.3) is 0 Å². The van der Waals surface area contributed by atoms with Crippen molar-refractivity contribution in [3.05, 3.63) is 0 Å². The van der Waals surface area contributed by atoms with Crippen LogP contribution in [0, 0.1) is 0 Å². The molecule has 0 radical (unpaired) electrons. The van der Waals surface area contributed by atoms with E-state index in [4.69, 9.17) is 5.73 Å². The third kappa shape index (κ3) is 2.89. The molecule has 5 nitrogen and oxygen atoms in total. The highest BCUT2D eigenvalue weighted by molar-refractivity contribution is 7.91. The highest BCUT2D eigenvalue weighted by Crippen LogP contribution is 2.29. The van der Waals surface area contributed by atoms with E-state index >= 15 is 0 Å². The molecule has 17 heavy (non-hydrogen) atoms. The van der Waals surface area contributed by atoms with E-state index in [1.54, 1.807) is 0 Å². The maximum Gasteiger partial charge on any atom is 0.415 e. The first-order valence-electron chi connectivity index (χ1n) is 4.83. The molecule has 0 saturated carbocycles. The van der Waals surface area contributed by atoms with E-state index < -0.39 is 27.5 Å². The van der Waals surface area contributed by atoms with Crippen LogP contribution in [-0.4, -0.2) is 55.5 Å². The van der Waals surface area contributed by atoms with Crippen LogP contribution in [0.2, 0.25) is 0 Å². The van der Waals surface area contributed by atoms with Gasteiger partial charge in [0, 0.05) is 13.1 Å². The summed E-state index contributed by atoms with van der Waals surface area (Å²) in [7, 11) is -3.25. The minimum Gasteiger partial charge on any atom is -0.339 e. The number of carbonyl (C=O) groups is 1. The number of nitrogens with zero attached hydrogens (tertiary/aromatic N) is 1. The second-order valence-corrected chi connectivity index (χ2v) is 6.45. The van der Waals surface area contributed by atoms with Gasteiger partial charge in [-0.25, -0.2) is 8.42 Å². The Balaban J connectivity index is 2.80. The molecule has 0 aromatic carbocycles. The Kier molecular flexibility index (Phi) is 3.45. The molecule has 2 N–H and O–H groups in total. The zero-order valence-electron chi connectivity index (χ0n) is 9.12. The van der Waals surface area contributed by atoms with Crippen molar-refractivity contribution in [3.63, 3.8) is 0 Å². The summed E-state index contributed by atoms with van der Waals surface area (Å²) in [4.78, 5) is 12.4. The van der Waals surface area contributed by atoms with E-state index in [2.05, 4.69) is 0 Å². The maximum absolute atomic E-state index is 12.5. The van der Waals surface area contributed by atoms with Crippen molar-refractivity contribution in [3.8, 4) is 0 Å². The molecule has 1 fully saturated rings. The van der Waals surface area contributed by atoms with Gasteiger partial charge in [0.2, 0.25) is 0 Å². The highest BCUT2D eigenvalue weighted by Gasteiger charge is 2.55. The van der Waals surface area contributed by atoms with Gasteiger partial charge < -0.3 is 10.6 Å². The largest absolute Gasteiger partial charge is 0.415 e. The molecule has 1 aliphatic heterocycles. The Morgan fingerprint density at radius 2 is 1.65 bits per heavy atom. The Bertz CT molecular complexity index is 402. The molecule has 1 unspecified atom stereocenters. The number of rotatable bonds is 1. The molecule has 0 aromatic rings. The lowest BCUT2D eigenvalue weighted by Crippen LogP contribution is -2.63. The number of alkyl halides is 3. The fourth-order valence-electron chi connectivity index (χ4n) is 1.37. The standard InChI is InChI=1S/C8H13F3N2O3S/c1-7(12,8(9,10)11)6(14)13-2-4-17(15,16)5-3-13/h2-5,12H2,1H3. The summed E-state index contributed by atoms with van der Waals surface area (Å²) in [6.07, 6.45) is -4.86. The van der Waals surface area contributed by atoms with Crippen molar-refractivity contribution in [2.45, 2.75) is 18.6 Å². The molecule has 100 valence electrons. The molecular weight excluding hydrogens is 261 g/mol. The first-order valence-corrected chi connectivity index (χ1v) is 6.65. The lowest BCUT2D eigenvalue weighted by Gasteiger charge is -2.34. The number of hydrogen-bond acceptors (Lipinski definition) is 4. The van der Waals surface area contributed by atoms with Crippen LogP contribution in [0.15, 0.2) is 0 Å². The second kappa shape index (κ2) is 4.13. The number of hydrogen-bond donors (Lipinski definition) is 1. The van der Waals surface area contributed by atoms with Crippen LogP contribution in [0.5, 0.6) is 0 Å². The summed E-state index contributed by atoms with van der Waals surface area (Å²) in [6, 6.07) is 0. The molecule has 1 amide bonds. The summed E-state index contributed by atoms with van der Waals surface area (Å²) in [5.41, 5.74) is 1.99. The fourth-order valence-corrected chi connectivity index (χ4v) is 2.57. The SMILES string of the molecule is CC(N)(C(=O)N1CCS(=O)(=O)CC1)C(F)(F)F. The highest BCUT2D eigenvalue weighted by atomic mass is 32.2. The lowest BCUT2D eigenvalue weighted by molar-refractivity contribution is -0.193. The topological polar surface area (TPSA) is 80.5 Å².